The second-order valence-corrected chi connectivity index (χ2v) is 4.92. The molecule has 2 rings (SSSR count). The largest absolute Gasteiger partial charge is 0.464 e. The van der Waals surface area contributed by atoms with Gasteiger partial charge in [-0.05, 0) is 19.4 Å². The molecule has 20 heavy (non-hydrogen) atoms. The highest BCUT2D eigenvalue weighted by atomic mass is 16.5. The Morgan fingerprint density at radius 3 is 2.40 bits per heavy atom. The topological polar surface area (TPSA) is 72.3 Å². The molecule has 0 amide bonds. The van der Waals surface area contributed by atoms with E-state index >= 15 is 0 Å². The third-order valence-electron chi connectivity index (χ3n) is 2.92. The lowest BCUT2D eigenvalue weighted by atomic mass is 9.97. The Kier molecular flexibility index (Phi) is 3.81. The van der Waals surface area contributed by atoms with Gasteiger partial charge in [0.05, 0.1) is 30.8 Å². The molecule has 5 nitrogen and oxygen atoms in total. The van der Waals surface area contributed by atoms with Gasteiger partial charge in [0, 0.05) is 5.56 Å². The van der Waals surface area contributed by atoms with Gasteiger partial charge in [-0.25, -0.2) is 9.78 Å². The summed E-state index contributed by atoms with van der Waals surface area (Å²) in [5.41, 5.74) is 1.47. The summed E-state index contributed by atoms with van der Waals surface area (Å²) in [6.07, 6.45) is 2.94. The van der Waals surface area contributed by atoms with Gasteiger partial charge in [0.1, 0.15) is 0 Å². The molecule has 0 atom stereocenters. The Morgan fingerprint density at radius 1 is 1.20 bits per heavy atom. The zero-order valence-corrected chi connectivity index (χ0v) is 11.6. The number of rotatable bonds is 3. The lowest BCUT2D eigenvalue weighted by molar-refractivity contribution is 0.0593. The Labute approximate surface area is 117 Å². The van der Waals surface area contributed by atoms with Crippen molar-refractivity contribution in [3.8, 4) is 11.3 Å². The molecule has 0 aliphatic rings. The number of esters is 1. The summed E-state index contributed by atoms with van der Waals surface area (Å²) in [4.78, 5) is 19.6. The second-order valence-electron chi connectivity index (χ2n) is 4.92. The van der Waals surface area contributed by atoms with Crippen LogP contribution in [0.15, 0.2) is 36.7 Å². The van der Waals surface area contributed by atoms with E-state index in [0.717, 1.165) is 11.1 Å². The van der Waals surface area contributed by atoms with Crippen LogP contribution < -0.4 is 0 Å². The molecule has 0 spiro atoms. The molecule has 104 valence electrons. The lowest BCUT2D eigenvalue weighted by Crippen LogP contribution is -2.15. The quantitative estimate of drug-likeness (QED) is 0.867. The van der Waals surface area contributed by atoms with Gasteiger partial charge in [0.25, 0.3) is 0 Å². The summed E-state index contributed by atoms with van der Waals surface area (Å²) in [5, 5.41) is 9.91. The zero-order valence-electron chi connectivity index (χ0n) is 11.6. The summed E-state index contributed by atoms with van der Waals surface area (Å²) in [6.45, 7) is 3.44. The predicted octanol–water partition coefficient (Wildman–Crippen LogP) is 2.16. The highest BCUT2D eigenvalue weighted by Crippen LogP contribution is 2.23. The van der Waals surface area contributed by atoms with Crippen molar-refractivity contribution in [3.63, 3.8) is 0 Å². The summed E-state index contributed by atoms with van der Waals surface area (Å²) < 4.78 is 4.62. The predicted molar refractivity (Wildman–Crippen MR) is 74.1 cm³/mol. The molecule has 0 aliphatic heterocycles. The van der Waals surface area contributed by atoms with Crippen molar-refractivity contribution in [3.05, 3.63) is 47.9 Å². The van der Waals surface area contributed by atoms with Crippen LogP contribution in [0.1, 0.15) is 29.9 Å². The molecule has 0 radical (unpaired) electrons. The molecule has 0 bridgehead atoms. The minimum absolute atomic E-state index is 0.163. The maximum absolute atomic E-state index is 11.4. The van der Waals surface area contributed by atoms with Crippen LogP contribution in [0.2, 0.25) is 0 Å². The minimum Gasteiger partial charge on any atom is -0.464 e. The summed E-state index contributed by atoms with van der Waals surface area (Å²) in [6, 6.07) is 7.31. The van der Waals surface area contributed by atoms with Crippen LogP contribution in [0.4, 0.5) is 0 Å². The molecule has 0 aliphatic carbocycles. The van der Waals surface area contributed by atoms with E-state index in [4.69, 9.17) is 0 Å². The van der Waals surface area contributed by atoms with E-state index < -0.39 is 11.6 Å². The van der Waals surface area contributed by atoms with Gasteiger partial charge < -0.3 is 9.84 Å². The van der Waals surface area contributed by atoms with E-state index in [0.29, 0.717) is 5.69 Å². The van der Waals surface area contributed by atoms with Crippen LogP contribution in [-0.4, -0.2) is 28.2 Å². The summed E-state index contributed by atoms with van der Waals surface area (Å²) in [7, 11) is 1.30. The van der Waals surface area contributed by atoms with Gasteiger partial charge in [-0.15, -0.1) is 0 Å². The molecule has 0 fully saturated rings. The fraction of sp³-hybridized carbons (Fsp3) is 0.267. The first-order valence-corrected chi connectivity index (χ1v) is 6.15. The van der Waals surface area contributed by atoms with Crippen molar-refractivity contribution in [2.75, 3.05) is 7.11 Å². The SMILES string of the molecule is COC(=O)c1cncc(-c2ccc(C(C)(C)O)cc2)n1. The van der Waals surface area contributed by atoms with E-state index in [1.165, 1.54) is 13.3 Å². The molecule has 1 N–H and O–H groups in total. The fourth-order valence-corrected chi connectivity index (χ4v) is 1.76. The molecule has 5 heteroatoms. The number of ether oxygens (including phenoxy) is 1. The van der Waals surface area contributed by atoms with E-state index in [1.807, 2.05) is 24.3 Å². The smallest absolute Gasteiger partial charge is 0.358 e. The van der Waals surface area contributed by atoms with Gasteiger partial charge in [0.15, 0.2) is 5.69 Å². The standard InChI is InChI=1S/C15H16N2O3/c1-15(2,19)11-6-4-10(5-7-11)12-8-16-9-13(17-12)14(18)20-3/h4-9,19H,1-3H3. The van der Waals surface area contributed by atoms with E-state index in [2.05, 4.69) is 14.7 Å². The monoisotopic (exact) mass is 272 g/mol. The zero-order chi connectivity index (χ0) is 14.8. The third kappa shape index (κ3) is 3.00. The van der Waals surface area contributed by atoms with Crippen molar-refractivity contribution in [2.45, 2.75) is 19.4 Å². The molecule has 1 heterocycles. The molecule has 0 saturated heterocycles. The average molecular weight is 272 g/mol. The van der Waals surface area contributed by atoms with Crippen molar-refractivity contribution in [2.24, 2.45) is 0 Å². The van der Waals surface area contributed by atoms with Gasteiger partial charge in [-0.3, -0.25) is 4.98 Å². The number of benzene rings is 1. The first kappa shape index (κ1) is 14.1. The Hall–Kier alpha value is -2.27. The molecular weight excluding hydrogens is 256 g/mol. The molecular formula is C15H16N2O3. The molecule has 0 saturated carbocycles. The molecule has 0 unspecified atom stereocenters. The minimum atomic E-state index is -0.891. The van der Waals surface area contributed by atoms with Gasteiger partial charge in [-0.2, -0.15) is 0 Å². The number of methoxy groups -OCH3 is 1. The van der Waals surface area contributed by atoms with Crippen LogP contribution in [0, 0.1) is 0 Å². The molecule has 1 aromatic heterocycles. The van der Waals surface area contributed by atoms with Crippen molar-refractivity contribution < 1.29 is 14.6 Å². The van der Waals surface area contributed by atoms with E-state index in [1.54, 1.807) is 20.0 Å². The van der Waals surface area contributed by atoms with Gasteiger partial charge in [0.2, 0.25) is 0 Å². The summed E-state index contributed by atoms with van der Waals surface area (Å²) in [5.74, 6) is -0.521. The summed E-state index contributed by atoms with van der Waals surface area (Å²) >= 11 is 0. The Bertz CT molecular complexity index is 616. The second kappa shape index (κ2) is 5.38. The maximum atomic E-state index is 11.4. The number of carbonyl (C=O) groups excluding carboxylic acids is 1. The highest BCUT2D eigenvalue weighted by Gasteiger charge is 2.16. The van der Waals surface area contributed by atoms with Crippen molar-refractivity contribution >= 4 is 5.97 Å². The molecule has 2 aromatic rings. The first-order valence-electron chi connectivity index (χ1n) is 6.15. The maximum Gasteiger partial charge on any atom is 0.358 e. The number of nitrogens with zero attached hydrogens (tertiary/aromatic N) is 2. The van der Waals surface area contributed by atoms with Crippen molar-refractivity contribution in [1.29, 1.82) is 0 Å². The van der Waals surface area contributed by atoms with Crippen molar-refractivity contribution in [1.82, 2.24) is 9.97 Å². The molecule has 1 aromatic carbocycles. The van der Waals surface area contributed by atoms with Crippen LogP contribution in [0.5, 0.6) is 0 Å². The normalized spacial score (nSPS) is 11.2. The van der Waals surface area contributed by atoms with Crippen LogP contribution in [0.25, 0.3) is 11.3 Å². The average Bonchev–Trinajstić information content (AvgIpc) is 2.46. The third-order valence-corrected chi connectivity index (χ3v) is 2.92. The van der Waals surface area contributed by atoms with E-state index in [9.17, 15) is 9.90 Å². The number of aliphatic hydroxyl groups is 1. The van der Waals surface area contributed by atoms with Crippen LogP contribution >= 0.6 is 0 Å². The van der Waals surface area contributed by atoms with E-state index in [-0.39, 0.29) is 5.69 Å². The van der Waals surface area contributed by atoms with Crippen LogP contribution in [0.3, 0.4) is 0 Å². The number of hydrogen-bond donors (Lipinski definition) is 1. The highest BCUT2D eigenvalue weighted by molar-refractivity contribution is 5.87. The van der Waals surface area contributed by atoms with Gasteiger partial charge in [-0.1, -0.05) is 24.3 Å². The number of hydrogen-bond acceptors (Lipinski definition) is 5. The number of aromatic nitrogens is 2. The van der Waals surface area contributed by atoms with Gasteiger partial charge >= 0.3 is 5.97 Å². The first-order chi connectivity index (χ1) is 9.41. The Balaban J connectivity index is 2.35. The Morgan fingerprint density at radius 2 is 1.85 bits per heavy atom. The lowest BCUT2D eigenvalue weighted by Gasteiger charge is -2.17. The van der Waals surface area contributed by atoms with Crippen LogP contribution in [-0.2, 0) is 10.3 Å². The fourth-order valence-electron chi connectivity index (χ4n) is 1.76. The number of carbonyl (C=O) groups is 1.